The minimum absolute atomic E-state index is 0.0399. The molecule has 0 aliphatic carbocycles. The molecule has 192 valence electrons. The molecule has 0 unspecified atom stereocenters. The average Bonchev–Trinajstić information content (AvgIpc) is 2.94. The van der Waals surface area contributed by atoms with Gasteiger partial charge in [0.2, 0.25) is 0 Å². The second kappa shape index (κ2) is 16.1. The maximum absolute atomic E-state index is 12.2. The minimum Gasteiger partial charge on any atom is -0.427 e. The largest absolute Gasteiger partial charge is 0.427 e. The van der Waals surface area contributed by atoms with Gasteiger partial charge in [0.05, 0.1) is 0 Å². The number of benzene rings is 3. The van der Waals surface area contributed by atoms with Crippen LogP contribution in [0.2, 0.25) is 0 Å². The van der Waals surface area contributed by atoms with Crippen LogP contribution in [0.15, 0.2) is 91.5 Å². The monoisotopic (exact) mass is 494 g/mol. The zero-order valence-corrected chi connectivity index (χ0v) is 21.7. The lowest BCUT2D eigenvalue weighted by atomic mass is 10.0. The molecule has 0 radical (unpaired) electrons. The van der Waals surface area contributed by atoms with E-state index in [2.05, 4.69) is 30.8 Å². The number of carbonyl (C=O) groups is 2. The Morgan fingerprint density at radius 1 is 0.676 bits per heavy atom. The molecule has 0 aliphatic heterocycles. The van der Waals surface area contributed by atoms with Crippen molar-refractivity contribution in [3.63, 3.8) is 0 Å². The van der Waals surface area contributed by atoms with Gasteiger partial charge < -0.3 is 4.74 Å². The van der Waals surface area contributed by atoms with E-state index >= 15 is 0 Å². The molecule has 0 heterocycles. The lowest BCUT2D eigenvalue weighted by molar-refractivity contribution is -0.134. The first-order valence-electron chi connectivity index (χ1n) is 13.4. The van der Waals surface area contributed by atoms with E-state index in [0.29, 0.717) is 17.7 Å². The maximum atomic E-state index is 12.2. The first-order chi connectivity index (χ1) is 18.1. The van der Waals surface area contributed by atoms with E-state index in [0.717, 1.165) is 24.8 Å². The fourth-order valence-electron chi connectivity index (χ4n) is 4.18. The summed E-state index contributed by atoms with van der Waals surface area (Å²) in [5.74, 6) is 0.304. The molecule has 0 fully saturated rings. The van der Waals surface area contributed by atoms with Crippen molar-refractivity contribution in [3.8, 4) is 5.75 Å². The summed E-state index contributed by atoms with van der Waals surface area (Å²) in [6.07, 6.45) is 16.2. The van der Waals surface area contributed by atoms with Gasteiger partial charge in [-0.3, -0.25) is 9.59 Å². The van der Waals surface area contributed by atoms with E-state index in [1.807, 2.05) is 36.4 Å². The maximum Gasteiger partial charge on any atom is 0.311 e. The average molecular weight is 495 g/mol. The van der Waals surface area contributed by atoms with Crippen LogP contribution in [-0.4, -0.2) is 11.8 Å². The Kier molecular flexibility index (Phi) is 12.1. The highest BCUT2D eigenvalue weighted by Gasteiger charge is 2.05. The van der Waals surface area contributed by atoms with E-state index < -0.39 is 0 Å². The fraction of sp³-hybridized carbons (Fsp3) is 0.294. The molecular weight excluding hydrogens is 456 g/mol. The van der Waals surface area contributed by atoms with Gasteiger partial charge in [0.25, 0.3) is 0 Å². The number of unbranched alkanes of at least 4 members (excludes halogenated alkanes) is 7. The van der Waals surface area contributed by atoms with Crippen molar-refractivity contribution in [2.45, 2.75) is 64.2 Å². The summed E-state index contributed by atoms with van der Waals surface area (Å²) in [4.78, 5) is 24.3. The van der Waals surface area contributed by atoms with Crippen LogP contribution in [0.3, 0.4) is 0 Å². The van der Waals surface area contributed by atoms with Crippen LogP contribution < -0.4 is 4.74 Å². The molecule has 37 heavy (non-hydrogen) atoms. The summed E-state index contributed by atoms with van der Waals surface area (Å²) in [6.45, 7) is 3.79. The Morgan fingerprint density at radius 2 is 1.27 bits per heavy atom. The Hall–Kier alpha value is -3.72. The smallest absolute Gasteiger partial charge is 0.311 e. The minimum atomic E-state index is -0.191. The molecule has 3 heteroatoms. The summed E-state index contributed by atoms with van der Waals surface area (Å²) in [7, 11) is 0. The van der Waals surface area contributed by atoms with Gasteiger partial charge in [-0.25, -0.2) is 0 Å². The summed E-state index contributed by atoms with van der Waals surface area (Å²) in [5, 5.41) is 0. The van der Waals surface area contributed by atoms with Crippen molar-refractivity contribution >= 4 is 23.9 Å². The quantitative estimate of drug-likeness (QED) is 0.0656. The normalized spacial score (nSPS) is 10.9. The molecule has 0 aliphatic rings. The van der Waals surface area contributed by atoms with Gasteiger partial charge in [-0.1, -0.05) is 124 Å². The molecule has 3 nitrogen and oxygen atoms in total. The standard InChI is InChI=1S/C34H38O3/c1-2-28-18-20-29(21-19-28)14-10-7-5-3-4-6-8-13-17-34(36)37-32-25-22-30(23-26-32)24-27-33(35)31-15-11-9-12-16-31/h2,9,11-12,15-16,18-27H,1,3-8,10,13-14,17H2. The lowest BCUT2D eigenvalue weighted by Crippen LogP contribution is -2.07. The molecular formula is C34H38O3. The zero-order valence-electron chi connectivity index (χ0n) is 21.7. The van der Waals surface area contributed by atoms with E-state index in [1.54, 1.807) is 36.4 Å². The second-order valence-electron chi connectivity index (χ2n) is 9.38. The highest BCUT2D eigenvalue weighted by molar-refractivity contribution is 6.06. The number of allylic oxidation sites excluding steroid dienone is 1. The predicted molar refractivity (Wildman–Crippen MR) is 154 cm³/mol. The topological polar surface area (TPSA) is 43.4 Å². The number of ketones is 1. The number of hydrogen-bond acceptors (Lipinski definition) is 3. The van der Waals surface area contributed by atoms with Crippen molar-refractivity contribution in [2.24, 2.45) is 0 Å². The second-order valence-corrected chi connectivity index (χ2v) is 9.38. The van der Waals surface area contributed by atoms with E-state index in [-0.39, 0.29) is 11.8 Å². The Bertz CT molecular complexity index is 1130. The van der Waals surface area contributed by atoms with Crippen molar-refractivity contribution in [2.75, 3.05) is 0 Å². The van der Waals surface area contributed by atoms with Gasteiger partial charge in [0, 0.05) is 12.0 Å². The molecule has 0 amide bonds. The van der Waals surface area contributed by atoms with Gasteiger partial charge in [-0.2, -0.15) is 0 Å². The van der Waals surface area contributed by atoms with Crippen LogP contribution >= 0.6 is 0 Å². The molecule has 3 aromatic carbocycles. The summed E-state index contributed by atoms with van der Waals surface area (Å²) in [6, 6.07) is 25.0. The molecule has 0 N–H and O–H groups in total. The van der Waals surface area contributed by atoms with Crippen molar-refractivity contribution in [1.29, 1.82) is 0 Å². The van der Waals surface area contributed by atoms with Crippen LogP contribution in [0.4, 0.5) is 0 Å². The number of aryl methyl sites for hydroxylation is 1. The Balaban J connectivity index is 1.20. The molecule has 0 atom stereocenters. The van der Waals surface area contributed by atoms with Crippen LogP contribution in [0.5, 0.6) is 5.75 Å². The van der Waals surface area contributed by atoms with E-state index in [4.69, 9.17) is 4.74 Å². The van der Waals surface area contributed by atoms with Gasteiger partial charge >= 0.3 is 5.97 Å². The molecule has 0 bridgehead atoms. The molecule has 0 saturated heterocycles. The summed E-state index contributed by atoms with van der Waals surface area (Å²) >= 11 is 0. The molecule has 0 aromatic heterocycles. The zero-order chi connectivity index (χ0) is 26.1. The lowest BCUT2D eigenvalue weighted by Gasteiger charge is -2.05. The van der Waals surface area contributed by atoms with Gasteiger partial charge in [-0.15, -0.1) is 0 Å². The highest BCUT2D eigenvalue weighted by Crippen LogP contribution is 2.16. The van der Waals surface area contributed by atoms with Crippen LogP contribution in [0, 0.1) is 0 Å². The summed E-state index contributed by atoms with van der Waals surface area (Å²) in [5.41, 5.74) is 4.12. The van der Waals surface area contributed by atoms with Crippen LogP contribution in [0.25, 0.3) is 12.2 Å². The van der Waals surface area contributed by atoms with Gasteiger partial charge in [0.1, 0.15) is 5.75 Å². The number of carbonyl (C=O) groups excluding carboxylic acids is 2. The molecule has 3 rings (SSSR count). The first-order valence-corrected chi connectivity index (χ1v) is 13.4. The SMILES string of the molecule is C=Cc1ccc(CCCCCCCCCCC(=O)Oc2ccc(C=CC(=O)c3ccccc3)cc2)cc1. The van der Waals surface area contributed by atoms with Gasteiger partial charge in [-0.05, 0) is 54.2 Å². The van der Waals surface area contributed by atoms with Gasteiger partial charge in [0.15, 0.2) is 5.78 Å². The Morgan fingerprint density at radius 3 is 1.92 bits per heavy atom. The summed E-state index contributed by atoms with van der Waals surface area (Å²) < 4.78 is 5.45. The number of rotatable bonds is 16. The van der Waals surface area contributed by atoms with Crippen LogP contribution in [0.1, 0.15) is 84.8 Å². The van der Waals surface area contributed by atoms with Crippen LogP contribution in [-0.2, 0) is 11.2 Å². The fourth-order valence-corrected chi connectivity index (χ4v) is 4.18. The first kappa shape index (κ1) is 27.9. The van der Waals surface area contributed by atoms with E-state index in [9.17, 15) is 9.59 Å². The highest BCUT2D eigenvalue weighted by atomic mass is 16.5. The number of hydrogen-bond donors (Lipinski definition) is 0. The predicted octanol–water partition coefficient (Wildman–Crippen LogP) is 8.88. The van der Waals surface area contributed by atoms with Crippen molar-refractivity contribution in [3.05, 3.63) is 114 Å². The molecule has 0 spiro atoms. The third kappa shape index (κ3) is 10.8. The van der Waals surface area contributed by atoms with Crippen molar-refractivity contribution in [1.82, 2.24) is 0 Å². The molecule has 0 saturated carbocycles. The molecule has 3 aromatic rings. The van der Waals surface area contributed by atoms with E-state index in [1.165, 1.54) is 49.7 Å². The van der Waals surface area contributed by atoms with Crippen molar-refractivity contribution < 1.29 is 14.3 Å². The Labute approximate surface area is 221 Å². The third-order valence-corrected chi connectivity index (χ3v) is 6.41. The number of esters is 1. The number of ether oxygens (including phenoxy) is 1. The third-order valence-electron chi connectivity index (χ3n) is 6.41.